The van der Waals surface area contributed by atoms with Crippen LogP contribution in [0.3, 0.4) is 0 Å². The molecule has 0 aliphatic carbocycles. The summed E-state index contributed by atoms with van der Waals surface area (Å²) in [4.78, 5) is 23.1. The Morgan fingerprint density at radius 3 is 2.46 bits per heavy atom. The van der Waals surface area contributed by atoms with E-state index in [4.69, 9.17) is 0 Å². The number of hydrogen-bond acceptors (Lipinski definition) is 3. The molecule has 0 aliphatic heterocycles. The summed E-state index contributed by atoms with van der Waals surface area (Å²) in [5.74, 6) is -1.05. The van der Waals surface area contributed by atoms with Gasteiger partial charge in [0.15, 0.2) is 0 Å². The third-order valence-corrected chi connectivity index (χ3v) is 3.78. The minimum Gasteiger partial charge on any atom is -0.376 e. The van der Waals surface area contributed by atoms with E-state index in [1.165, 1.54) is 19.1 Å². The van der Waals surface area contributed by atoms with Crippen LogP contribution in [0.15, 0.2) is 40.9 Å². The van der Waals surface area contributed by atoms with E-state index in [1.54, 1.807) is 24.3 Å². The molecule has 0 radical (unpaired) electrons. The van der Waals surface area contributed by atoms with Crippen LogP contribution in [0.1, 0.15) is 12.5 Å². The molecule has 5 nitrogen and oxygen atoms in total. The largest absolute Gasteiger partial charge is 0.376 e. The van der Waals surface area contributed by atoms with Gasteiger partial charge in [-0.1, -0.05) is 22.0 Å². The number of anilines is 3. The first kappa shape index (κ1) is 17.9. The number of carbonyl (C=O) groups excluding carboxylic acids is 2. The van der Waals surface area contributed by atoms with Crippen molar-refractivity contribution < 1.29 is 14.0 Å². The van der Waals surface area contributed by atoms with E-state index in [0.29, 0.717) is 15.8 Å². The second-order valence-electron chi connectivity index (χ2n) is 5.19. The predicted molar refractivity (Wildman–Crippen MR) is 96.7 cm³/mol. The van der Waals surface area contributed by atoms with Gasteiger partial charge in [-0.15, -0.1) is 0 Å². The van der Waals surface area contributed by atoms with E-state index in [2.05, 4.69) is 31.9 Å². The SMILES string of the molecule is CC(=O)Nc1cccc(NCC(=O)Nc2ccc(Br)cc2F)c1C. The fourth-order valence-corrected chi connectivity index (χ4v) is 2.45. The highest BCUT2D eigenvalue weighted by atomic mass is 79.9. The molecular formula is C17H17BrFN3O2. The van der Waals surface area contributed by atoms with Crippen molar-refractivity contribution in [1.29, 1.82) is 0 Å². The molecule has 2 aromatic rings. The molecule has 0 heterocycles. The van der Waals surface area contributed by atoms with Crippen molar-refractivity contribution in [2.75, 3.05) is 22.5 Å². The molecule has 0 unspecified atom stereocenters. The smallest absolute Gasteiger partial charge is 0.243 e. The molecule has 0 atom stereocenters. The number of benzene rings is 2. The summed E-state index contributed by atoms with van der Waals surface area (Å²) in [6, 6.07) is 9.76. The molecule has 0 aromatic heterocycles. The third-order valence-electron chi connectivity index (χ3n) is 3.29. The fourth-order valence-electron chi connectivity index (χ4n) is 2.11. The quantitative estimate of drug-likeness (QED) is 0.721. The minimum atomic E-state index is -0.512. The zero-order valence-corrected chi connectivity index (χ0v) is 14.8. The molecule has 24 heavy (non-hydrogen) atoms. The van der Waals surface area contributed by atoms with Crippen molar-refractivity contribution in [3.8, 4) is 0 Å². The van der Waals surface area contributed by atoms with Gasteiger partial charge in [0.25, 0.3) is 0 Å². The van der Waals surface area contributed by atoms with Crippen LogP contribution in [-0.2, 0) is 9.59 Å². The first-order chi connectivity index (χ1) is 11.4. The molecule has 2 aromatic carbocycles. The number of amides is 2. The van der Waals surface area contributed by atoms with Gasteiger partial charge in [0.2, 0.25) is 11.8 Å². The van der Waals surface area contributed by atoms with Crippen LogP contribution < -0.4 is 16.0 Å². The second-order valence-corrected chi connectivity index (χ2v) is 6.10. The Bertz CT molecular complexity index is 780. The zero-order chi connectivity index (χ0) is 17.7. The highest BCUT2D eigenvalue weighted by molar-refractivity contribution is 9.10. The van der Waals surface area contributed by atoms with E-state index < -0.39 is 5.82 Å². The monoisotopic (exact) mass is 393 g/mol. The van der Waals surface area contributed by atoms with Crippen molar-refractivity contribution in [1.82, 2.24) is 0 Å². The van der Waals surface area contributed by atoms with Crippen molar-refractivity contribution in [2.45, 2.75) is 13.8 Å². The van der Waals surface area contributed by atoms with Gasteiger partial charge in [-0.25, -0.2) is 4.39 Å². The van der Waals surface area contributed by atoms with Crippen LogP contribution in [0.4, 0.5) is 21.5 Å². The van der Waals surface area contributed by atoms with Crippen LogP contribution in [0.25, 0.3) is 0 Å². The molecule has 0 fully saturated rings. The molecule has 3 N–H and O–H groups in total. The Morgan fingerprint density at radius 1 is 1.08 bits per heavy atom. The Labute approximate surface area is 147 Å². The van der Waals surface area contributed by atoms with Gasteiger partial charge in [0.05, 0.1) is 12.2 Å². The maximum absolute atomic E-state index is 13.7. The van der Waals surface area contributed by atoms with Gasteiger partial charge < -0.3 is 16.0 Å². The van der Waals surface area contributed by atoms with Crippen molar-refractivity contribution in [3.05, 3.63) is 52.3 Å². The number of hydrogen-bond donors (Lipinski definition) is 3. The summed E-state index contributed by atoms with van der Waals surface area (Å²) < 4.78 is 14.3. The van der Waals surface area contributed by atoms with Crippen LogP contribution in [-0.4, -0.2) is 18.4 Å². The molecule has 0 spiro atoms. The maximum Gasteiger partial charge on any atom is 0.243 e. The highest BCUT2D eigenvalue weighted by Gasteiger charge is 2.09. The Balaban J connectivity index is 2.00. The number of nitrogens with one attached hydrogen (secondary N) is 3. The Morgan fingerprint density at radius 2 is 1.79 bits per heavy atom. The van der Waals surface area contributed by atoms with Gasteiger partial charge >= 0.3 is 0 Å². The fraction of sp³-hybridized carbons (Fsp3) is 0.176. The first-order valence-corrected chi connectivity index (χ1v) is 8.02. The summed E-state index contributed by atoms with van der Waals surface area (Å²) in [7, 11) is 0. The normalized spacial score (nSPS) is 10.2. The Hall–Kier alpha value is -2.41. The summed E-state index contributed by atoms with van der Waals surface area (Å²) in [5.41, 5.74) is 2.32. The van der Waals surface area contributed by atoms with E-state index in [1.807, 2.05) is 6.92 Å². The molecule has 2 amide bonds. The standard InChI is InChI=1S/C17H17BrFN3O2/c1-10-14(4-3-5-15(10)21-11(2)23)20-9-17(24)22-16-7-6-12(18)8-13(16)19/h3-8,20H,9H2,1-2H3,(H,21,23)(H,22,24). The molecule has 0 aliphatic rings. The summed E-state index contributed by atoms with van der Waals surface area (Å²) in [6.45, 7) is 3.24. The van der Waals surface area contributed by atoms with Gasteiger partial charge in [0, 0.05) is 22.8 Å². The second kappa shape index (κ2) is 7.92. The van der Waals surface area contributed by atoms with Gasteiger partial charge in [-0.2, -0.15) is 0 Å². The summed E-state index contributed by atoms with van der Waals surface area (Å²) in [6.07, 6.45) is 0. The molecule has 126 valence electrons. The first-order valence-electron chi connectivity index (χ1n) is 7.23. The number of rotatable bonds is 5. The van der Waals surface area contributed by atoms with E-state index in [9.17, 15) is 14.0 Å². The predicted octanol–water partition coefficient (Wildman–Crippen LogP) is 3.91. The Kier molecular flexibility index (Phi) is 5.92. The lowest BCUT2D eigenvalue weighted by Gasteiger charge is -2.13. The molecular weight excluding hydrogens is 377 g/mol. The van der Waals surface area contributed by atoms with Gasteiger partial charge in [-0.05, 0) is 42.8 Å². The number of halogens is 2. The lowest BCUT2D eigenvalue weighted by Crippen LogP contribution is -2.22. The third kappa shape index (κ3) is 4.79. The zero-order valence-electron chi connectivity index (χ0n) is 13.2. The maximum atomic E-state index is 13.7. The minimum absolute atomic E-state index is 0.0279. The van der Waals surface area contributed by atoms with Crippen molar-refractivity contribution in [2.24, 2.45) is 0 Å². The van der Waals surface area contributed by atoms with Crippen LogP contribution >= 0.6 is 15.9 Å². The molecule has 2 rings (SSSR count). The van der Waals surface area contributed by atoms with Gasteiger partial charge in [0.1, 0.15) is 5.82 Å². The summed E-state index contributed by atoms with van der Waals surface area (Å²) in [5, 5.41) is 8.21. The van der Waals surface area contributed by atoms with Crippen molar-refractivity contribution in [3.63, 3.8) is 0 Å². The summed E-state index contributed by atoms with van der Waals surface area (Å²) >= 11 is 3.16. The molecule has 0 saturated heterocycles. The lowest BCUT2D eigenvalue weighted by molar-refractivity contribution is -0.115. The van der Waals surface area contributed by atoms with Crippen molar-refractivity contribution >= 4 is 44.8 Å². The van der Waals surface area contributed by atoms with Crippen LogP contribution in [0, 0.1) is 12.7 Å². The molecule has 0 bridgehead atoms. The topological polar surface area (TPSA) is 70.2 Å². The van der Waals surface area contributed by atoms with Crippen LogP contribution in [0.2, 0.25) is 0 Å². The average molecular weight is 394 g/mol. The van der Waals surface area contributed by atoms with E-state index in [-0.39, 0.29) is 24.0 Å². The highest BCUT2D eigenvalue weighted by Crippen LogP contribution is 2.23. The van der Waals surface area contributed by atoms with E-state index in [0.717, 1.165) is 5.56 Å². The van der Waals surface area contributed by atoms with Gasteiger partial charge in [-0.3, -0.25) is 9.59 Å². The van der Waals surface area contributed by atoms with Crippen LogP contribution in [0.5, 0.6) is 0 Å². The molecule has 0 saturated carbocycles. The molecule has 7 heteroatoms. The average Bonchev–Trinajstić information content (AvgIpc) is 2.50. The lowest BCUT2D eigenvalue weighted by atomic mass is 10.1. The number of carbonyl (C=O) groups is 2. The van der Waals surface area contributed by atoms with E-state index >= 15 is 0 Å².